The molecule has 0 unspecified atom stereocenters. The van der Waals surface area contributed by atoms with Crippen molar-refractivity contribution in [1.29, 1.82) is 0 Å². The number of rotatable bonds is 6. The Bertz CT molecular complexity index is 1220. The van der Waals surface area contributed by atoms with E-state index in [0.717, 1.165) is 17.0 Å². The Morgan fingerprint density at radius 1 is 0.970 bits per heavy atom. The van der Waals surface area contributed by atoms with Gasteiger partial charge < -0.3 is 14.5 Å². The highest BCUT2D eigenvalue weighted by Crippen LogP contribution is 2.22. The van der Waals surface area contributed by atoms with Crippen LogP contribution in [-0.4, -0.2) is 57.5 Å². The Labute approximate surface area is 193 Å². The van der Waals surface area contributed by atoms with E-state index in [1.54, 1.807) is 36.3 Å². The molecule has 33 heavy (non-hydrogen) atoms. The first kappa shape index (κ1) is 22.6. The zero-order chi connectivity index (χ0) is 23.4. The summed E-state index contributed by atoms with van der Waals surface area (Å²) in [6, 6.07) is 17.4. The topological polar surface area (TPSA) is 91.8 Å². The molecule has 1 aliphatic rings. The molecule has 1 N–H and O–H groups in total. The molecule has 0 bridgehead atoms. The number of nitrogens with zero attached hydrogens (tertiary/aromatic N) is 3. The van der Waals surface area contributed by atoms with E-state index in [1.807, 2.05) is 31.2 Å². The second-order valence-corrected chi connectivity index (χ2v) is 9.51. The largest absolute Gasteiger partial charge is 0.497 e. The van der Waals surface area contributed by atoms with E-state index < -0.39 is 10.0 Å². The summed E-state index contributed by atoms with van der Waals surface area (Å²) in [6.07, 6.45) is 1.44. The summed E-state index contributed by atoms with van der Waals surface area (Å²) in [5.74, 6) is 0.581. The fourth-order valence-electron chi connectivity index (χ4n) is 3.67. The van der Waals surface area contributed by atoms with Crippen molar-refractivity contribution < 1.29 is 17.9 Å². The summed E-state index contributed by atoms with van der Waals surface area (Å²) >= 11 is 0. The monoisotopic (exact) mass is 466 g/mol. The number of sulfonamides is 1. The number of carbonyl (C=O) groups is 1. The van der Waals surface area contributed by atoms with Crippen LogP contribution in [0, 0.1) is 6.92 Å². The molecule has 1 saturated heterocycles. The van der Waals surface area contributed by atoms with Gasteiger partial charge in [0.15, 0.2) is 0 Å². The molecule has 0 radical (unpaired) electrons. The third-order valence-corrected chi connectivity index (χ3v) is 6.96. The molecule has 1 fully saturated rings. The Morgan fingerprint density at radius 3 is 2.27 bits per heavy atom. The number of nitrogens with one attached hydrogen (secondary N) is 1. The molecule has 9 heteroatoms. The molecular formula is C24H26N4O4S. The van der Waals surface area contributed by atoms with Gasteiger partial charge in [-0.2, -0.15) is 0 Å². The third kappa shape index (κ3) is 5.25. The Hall–Kier alpha value is -3.59. The second kappa shape index (κ2) is 9.50. The van der Waals surface area contributed by atoms with Crippen molar-refractivity contribution in [3.05, 3.63) is 78.1 Å². The molecule has 0 saturated carbocycles. The van der Waals surface area contributed by atoms with Crippen LogP contribution in [0.5, 0.6) is 5.75 Å². The maximum absolute atomic E-state index is 13.0. The van der Waals surface area contributed by atoms with Gasteiger partial charge in [-0.05, 0) is 55.5 Å². The molecule has 172 valence electrons. The van der Waals surface area contributed by atoms with E-state index >= 15 is 0 Å². The first-order chi connectivity index (χ1) is 15.9. The smallest absolute Gasteiger partial charge is 0.272 e. The molecular weight excluding hydrogens is 440 g/mol. The number of ether oxygens (including phenoxy) is 1. The van der Waals surface area contributed by atoms with Crippen molar-refractivity contribution in [2.75, 3.05) is 42.9 Å². The van der Waals surface area contributed by atoms with Crippen molar-refractivity contribution >= 4 is 27.3 Å². The fraction of sp³-hybridized carbons (Fsp3) is 0.250. The summed E-state index contributed by atoms with van der Waals surface area (Å²) < 4.78 is 33.1. The lowest BCUT2D eigenvalue weighted by atomic mass is 10.2. The predicted molar refractivity (Wildman–Crippen MR) is 127 cm³/mol. The highest BCUT2D eigenvalue weighted by molar-refractivity contribution is 7.92. The minimum absolute atomic E-state index is 0.160. The number of carbonyl (C=O) groups excluding carboxylic acids is 1. The summed E-state index contributed by atoms with van der Waals surface area (Å²) in [7, 11) is -2.12. The van der Waals surface area contributed by atoms with Crippen LogP contribution in [0.15, 0.2) is 71.8 Å². The summed E-state index contributed by atoms with van der Waals surface area (Å²) in [6.45, 7) is 4.37. The molecule has 2 heterocycles. The van der Waals surface area contributed by atoms with Crippen molar-refractivity contribution in [3.63, 3.8) is 0 Å². The van der Waals surface area contributed by atoms with Crippen LogP contribution in [-0.2, 0) is 10.0 Å². The van der Waals surface area contributed by atoms with Crippen LogP contribution < -0.4 is 14.4 Å². The lowest BCUT2D eigenvalue weighted by Crippen LogP contribution is -2.49. The minimum atomic E-state index is -3.76. The number of anilines is 2. The zero-order valence-corrected chi connectivity index (χ0v) is 19.4. The first-order valence-corrected chi connectivity index (χ1v) is 12.1. The Morgan fingerprint density at radius 2 is 1.64 bits per heavy atom. The molecule has 1 aromatic heterocycles. The summed E-state index contributed by atoms with van der Waals surface area (Å²) in [4.78, 5) is 21.3. The second-order valence-electron chi connectivity index (χ2n) is 7.83. The molecule has 0 aliphatic carbocycles. The highest BCUT2D eigenvalue weighted by Gasteiger charge is 2.24. The number of aromatic nitrogens is 1. The lowest BCUT2D eigenvalue weighted by Gasteiger charge is -2.36. The quantitative estimate of drug-likeness (QED) is 0.600. The number of amides is 1. The molecule has 3 aromatic rings. The Kier molecular flexibility index (Phi) is 6.50. The number of pyridine rings is 1. The van der Waals surface area contributed by atoms with Crippen LogP contribution >= 0.6 is 0 Å². The number of benzene rings is 2. The van der Waals surface area contributed by atoms with Crippen molar-refractivity contribution in [3.8, 4) is 5.75 Å². The van der Waals surface area contributed by atoms with Crippen LogP contribution in [0.4, 0.5) is 11.4 Å². The van der Waals surface area contributed by atoms with E-state index in [4.69, 9.17) is 4.74 Å². The normalized spacial score (nSPS) is 14.1. The van der Waals surface area contributed by atoms with E-state index in [-0.39, 0.29) is 16.5 Å². The maximum Gasteiger partial charge on any atom is 0.272 e. The standard InChI is InChI=1S/C24H26N4O4S/c1-18-3-9-22(10-4-18)33(30,31)26-19-11-12-25-23(17-19)24(29)28-15-13-27(14-16-28)20-5-7-21(32-2)8-6-20/h3-12,17H,13-16H2,1-2H3,(H,25,26). The molecule has 1 amide bonds. The van der Waals surface area contributed by atoms with E-state index in [2.05, 4.69) is 14.6 Å². The molecule has 0 atom stereocenters. The maximum atomic E-state index is 13.0. The number of hydrogen-bond donors (Lipinski definition) is 1. The van der Waals surface area contributed by atoms with Crippen molar-refractivity contribution in [2.24, 2.45) is 0 Å². The average molecular weight is 467 g/mol. The van der Waals surface area contributed by atoms with Crippen LogP contribution in [0.25, 0.3) is 0 Å². The molecule has 4 rings (SSSR count). The van der Waals surface area contributed by atoms with E-state index in [0.29, 0.717) is 31.9 Å². The Balaban J connectivity index is 1.41. The van der Waals surface area contributed by atoms with Gasteiger partial charge in [-0.1, -0.05) is 17.7 Å². The summed E-state index contributed by atoms with van der Waals surface area (Å²) in [5.41, 5.74) is 2.55. The fourth-order valence-corrected chi connectivity index (χ4v) is 4.71. The van der Waals surface area contributed by atoms with Gasteiger partial charge in [0.2, 0.25) is 0 Å². The minimum Gasteiger partial charge on any atom is -0.497 e. The third-order valence-electron chi connectivity index (χ3n) is 5.57. The number of hydrogen-bond acceptors (Lipinski definition) is 6. The van der Waals surface area contributed by atoms with Gasteiger partial charge in [0.05, 0.1) is 17.7 Å². The number of piperazine rings is 1. The molecule has 2 aromatic carbocycles. The average Bonchev–Trinajstić information content (AvgIpc) is 2.84. The first-order valence-electron chi connectivity index (χ1n) is 10.6. The van der Waals surface area contributed by atoms with Gasteiger partial charge in [-0.15, -0.1) is 0 Å². The molecule has 0 spiro atoms. The number of aryl methyl sites for hydroxylation is 1. The van der Waals surface area contributed by atoms with E-state index in [9.17, 15) is 13.2 Å². The van der Waals surface area contributed by atoms with Gasteiger partial charge in [0.1, 0.15) is 11.4 Å². The van der Waals surface area contributed by atoms with Gasteiger partial charge in [-0.25, -0.2) is 8.42 Å². The molecule has 1 aliphatic heterocycles. The summed E-state index contributed by atoms with van der Waals surface area (Å²) in [5, 5.41) is 0. The van der Waals surface area contributed by atoms with E-state index in [1.165, 1.54) is 18.3 Å². The van der Waals surface area contributed by atoms with Crippen LogP contribution in [0.1, 0.15) is 16.1 Å². The van der Waals surface area contributed by atoms with Gasteiger partial charge in [0, 0.05) is 38.1 Å². The SMILES string of the molecule is COc1ccc(N2CCN(C(=O)c3cc(NS(=O)(=O)c4ccc(C)cc4)ccn3)CC2)cc1. The lowest BCUT2D eigenvalue weighted by molar-refractivity contribution is 0.0741. The molecule has 8 nitrogen and oxygen atoms in total. The van der Waals surface area contributed by atoms with Crippen LogP contribution in [0.2, 0.25) is 0 Å². The predicted octanol–water partition coefficient (Wildman–Crippen LogP) is 3.16. The van der Waals surface area contributed by atoms with Gasteiger partial charge in [0.25, 0.3) is 15.9 Å². The van der Waals surface area contributed by atoms with Crippen molar-refractivity contribution in [2.45, 2.75) is 11.8 Å². The van der Waals surface area contributed by atoms with Gasteiger partial charge >= 0.3 is 0 Å². The zero-order valence-electron chi connectivity index (χ0n) is 18.6. The van der Waals surface area contributed by atoms with Crippen LogP contribution in [0.3, 0.4) is 0 Å². The highest BCUT2D eigenvalue weighted by atomic mass is 32.2. The van der Waals surface area contributed by atoms with Crippen molar-refractivity contribution in [1.82, 2.24) is 9.88 Å². The van der Waals surface area contributed by atoms with Gasteiger partial charge in [-0.3, -0.25) is 14.5 Å². The number of methoxy groups -OCH3 is 1.